The molecule has 28 heavy (non-hydrogen) atoms. The van der Waals surface area contributed by atoms with Crippen molar-refractivity contribution in [1.82, 2.24) is 9.88 Å². The minimum atomic E-state index is -0.0485. The molecule has 3 aromatic rings. The first-order valence-corrected chi connectivity index (χ1v) is 9.79. The highest BCUT2D eigenvalue weighted by Crippen LogP contribution is 2.11. The zero-order chi connectivity index (χ0) is 19.2. The van der Waals surface area contributed by atoms with Gasteiger partial charge in [-0.15, -0.1) is 0 Å². The lowest BCUT2D eigenvalue weighted by Gasteiger charge is -2.24. The van der Waals surface area contributed by atoms with Gasteiger partial charge in [-0.2, -0.15) is 0 Å². The van der Waals surface area contributed by atoms with Gasteiger partial charge in [0.1, 0.15) is 19.6 Å². The summed E-state index contributed by atoms with van der Waals surface area (Å²) >= 11 is 0. The Kier molecular flexibility index (Phi) is 5.85. The van der Waals surface area contributed by atoms with Crippen LogP contribution in [0.15, 0.2) is 73.1 Å². The molecule has 0 radical (unpaired) electrons. The number of hydrogen-bond acceptors (Lipinski definition) is 2. The van der Waals surface area contributed by atoms with Crippen LogP contribution in [0.1, 0.15) is 21.5 Å². The number of ether oxygens (including phenoxy) is 1. The number of benzene rings is 2. The molecule has 1 fully saturated rings. The normalized spacial score (nSPS) is 14.7. The Morgan fingerprint density at radius 2 is 1.61 bits per heavy atom. The molecule has 5 heteroatoms. The molecular formula is C23H26N3O2+. The number of nitrogens with zero attached hydrogens (tertiary/aromatic N) is 1. The van der Waals surface area contributed by atoms with E-state index < -0.39 is 0 Å². The van der Waals surface area contributed by atoms with E-state index in [0.717, 1.165) is 38.5 Å². The molecule has 144 valence electrons. The van der Waals surface area contributed by atoms with E-state index in [1.807, 2.05) is 59.4 Å². The van der Waals surface area contributed by atoms with Crippen LogP contribution in [0.4, 0.5) is 0 Å². The molecule has 1 aromatic heterocycles. The van der Waals surface area contributed by atoms with Crippen LogP contribution >= 0.6 is 0 Å². The summed E-state index contributed by atoms with van der Waals surface area (Å²) in [6.45, 7) is 5.24. The summed E-state index contributed by atoms with van der Waals surface area (Å²) in [5.41, 5.74) is 4.19. The van der Waals surface area contributed by atoms with Gasteiger partial charge in [0.25, 0.3) is 5.91 Å². The average Bonchev–Trinajstić information content (AvgIpc) is 3.29. The van der Waals surface area contributed by atoms with Gasteiger partial charge >= 0.3 is 0 Å². The van der Waals surface area contributed by atoms with Crippen LogP contribution in [0, 0.1) is 0 Å². The minimum Gasteiger partial charge on any atom is -0.370 e. The fourth-order valence-electron chi connectivity index (χ4n) is 3.58. The molecule has 1 amide bonds. The lowest BCUT2D eigenvalue weighted by atomic mass is 10.1. The maximum Gasteiger partial charge on any atom is 0.251 e. The first kappa shape index (κ1) is 18.5. The summed E-state index contributed by atoms with van der Waals surface area (Å²) in [4.78, 5) is 14.1. The quantitative estimate of drug-likeness (QED) is 0.690. The molecule has 0 atom stereocenters. The van der Waals surface area contributed by atoms with Crippen molar-refractivity contribution in [3.63, 3.8) is 0 Å². The number of rotatable bonds is 6. The first-order chi connectivity index (χ1) is 13.8. The summed E-state index contributed by atoms with van der Waals surface area (Å²) in [5.74, 6) is -0.0485. The van der Waals surface area contributed by atoms with E-state index >= 15 is 0 Å². The first-order valence-electron chi connectivity index (χ1n) is 9.79. The highest BCUT2D eigenvalue weighted by atomic mass is 16.5. The molecule has 1 aliphatic rings. The number of nitrogens with one attached hydrogen (secondary N) is 2. The Labute approximate surface area is 165 Å². The fraction of sp³-hybridized carbons (Fsp3) is 0.261. The summed E-state index contributed by atoms with van der Waals surface area (Å²) in [6, 6.07) is 20.0. The van der Waals surface area contributed by atoms with Crippen LogP contribution < -0.4 is 10.2 Å². The third kappa shape index (κ3) is 4.50. The van der Waals surface area contributed by atoms with Gasteiger partial charge in [0, 0.05) is 35.8 Å². The Bertz CT molecular complexity index is 898. The van der Waals surface area contributed by atoms with E-state index in [0.29, 0.717) is 12.1 Å². The van der Waals surface area contributed by atoms with Crippen LogP contribution in [0.5, 0.6) is 0 Å². The molecule has 2 N–H and O–H groups in total. The molecule has 0 bridgehead atoms. The molecule has 1 saturated heterocycles. The van der Waals surface area contributed by atoms with E-state index in [4.69, 9.17) is 4.74 Å². The Morgan fingerprint density at radius 1 is 0.929 bits per heavy atom. The largest absolute Gasteiger partial charge is 0.370 e. The van der Waals surface area contributed by atoms with Gasteiger partial charge in [0.05, 0.1) is 13.2 Å². The number of morpholine rings is 1. The molecule has 0 spiro atoms. The van der Waals surface area contributed by atoms with E-state index in [9.17, 15) is 4.79 Å². The average molecular weight is 376 g/mol. The third-order valence-electron chi connectivity index (χ3n) is 5.23. The van der Waals surface area contributed by atoms with E-state index in [1.165, 1.54) is 16.0 Å². The maximum absolute atomic E-state index is 12.6. The number of carbonyl (C=O) groups is 1. The number of amides is 1. The second kappa shape index (κ2) is 8.87. The number of carbonyl (C=O) groups excluding carboxylic acids is 1. The van der Waals surface area contributed by atoms with Crippen molar-refractivity contribution in [2.75, 3.05) is 26.3 Å². The van der Waals surface area contributed by atoms with Gasteiger partial charge in [0.2, 0.25) is 0 Å². The van der Waals surface area contributed by atoms with E-state index in [2.05, 4.69) is 23.5 Å². The molecule has 4 rings (SSSR count). The number of hydrogen-bond donors (Lipinski definition) is 2. The number of aromatic nitrogens is 1. The summed E-state index contributed by atoms with van der Waals surface area (Å²) in [7, 11) is 0. The van der Waals surface area contributed by atoms with Crippen molar-refractivity contribution < 1.29 is 14.4 Å². The highest BCUT2D eigenvalue weighted by Gasteiger charge is 2.16. The van der Waals surface area contributed by atoms with Crippen molar-refractivity contribution in [1.29, 1.82) is 0 Å². The molecule has 1 aliphatic heterocycles. The van der Waals surface area contributed by atoms with Gasteiger partial charge in [-0.05, 0) is 42.0 Å². The Morgan fingerprint density at radius 3 is 2.32 bits per heavy atom. The maximum atomic E-state index is 12.6. The SMILES string of the molecule is O=C(NCc1ccccc1C[NH+]1CCOCC1)c1ccc(-n2cccc2)cc1. The van der Waals surface area contributed by atoms with Crippen LogP contribution in [0.2, 0.25) is 0 Å². The molecule has 0 aliphatic carbocycles. The van der Waals surface area contributed by atoms with Crippen molar-refractivity contribution in [2.24, 2.45) is 0 Å². The van der Waals surface area contributed by atoms with E-state index in [-0.39, 0.29) is 5.91 Å². The second-order valence-electron chi connectivity index (χ2n) is 7.13. The zero-order valence-electron chi connectivity index (χ0n) is 15.9. The minimum absolute atomic E-state index is 0.0485. The fourth-order valence-corrected chi connectivity index (χ4v) is 3.58. The summed E-state index contributed by atoms with van der Waals surface area (Å²) < 4.78 is 7.47. The molecule has 5 nitrogen and oxygen atoms in total. The second-order valence-corrected chi connectivity index (χ2v) is 7.13. The molecule has 0 unspecified atom stereocenters. The van der Waals surface area contributed by atoms with Gasteiger partial charge in [0.15, 0.2) is 0 Å². The van der Waals surface area contributed by atoms with Gasteiger partial charge in [-0.1, -0.05) is 24.3 Å². The topological polar surface area (TPSA) is 47.7 Å². The standard InChI is InChI=1S/C23H25N3O2/c27-23(19-7-9-22(10-8-19)26-11-3-4-12-26)24-17-20-5-1-2-6-21(20)18-25-13-15-28-16-14-25/h1-12H,13-18H2,(H,24,27)/p+1. The highest BCUT2D eigenvalue weighted by molar-refractivity contribution is 5.94. The zero-order valence-corrected chi connectivity index (χ0v) is 15.9. The van der Waals surface area contributed by atoms with Crippen molar-refractivity contribution in [3.05, 3.63) is 89.7 Å². The van der Waals surface area contributed by atoms with Crippen molar-refractivity contribution in [2.45, 2.75) is 13.1 Å². The summed E-state index contributed by atoms with van der Waals surface area (Å²) in [6.07, 6.45) is 3.98. The Balaban J connectivity index is 1.38. The van der Waals surface area contributed by atoms with E-state index in [1.54, 1.807) is 0 Å². The smallest absolute Gasteiger partial charge is 0.251 e. The predicted molar refractivity (Wildman–Crippen MR) is 109 cm³/mol. The van der Waals surface area contributed by atoms with Crippen LogP contribution in [-0.4, -0.2) is 36.8 Å². The lowest BCUT2D eigenvalue weighted by Crippen LogP contribution is -3.12. The van der Waals surface area contributed by atoms with Crippen LogP contribution in [-0.2, 0) is 17.8 Å². The summed E-state index contributed by atoms with van der Waals surface area (Å²) in [5, 5.41) is 3.07. The molecular weight excluding hydrogens is 350 g/mol. The van der Waals surface area contributed by atoms with Crippen molar-refractivity contribution in [3.8, 4) is 5.69 Å². The third-order valence-corrected chi connectivity index (χ3v) is 5.23. The molecule has 2 aromatic carbocycles. The monoisotopic (exact) mass is 376 g/mol. The predicted octanol–water partition coefficient (Wildman–Crippen LogP) is 1.82. The van der Waals surface area contributed by atoms with Crippen LogP contribution in [0.25, 0.3) is 5.69 Å². The number of quaternary nitrogens is 1. The molecule has 2 heterocycles. The molecule has 0 saturated carbocycles. The van der Waals surface area contributed by atoms with Crippen LogP contribution in [0.3, 0.4) is 0 Å². The Hall–Kier alpha value is -2.89. The van der Waals surface area contributed by atoms with Gasteiger partial charge < -0.3 is 19.5 Å². The lowest BCUT2D eigenvalue weighted by molar-refractivity contribution is -0.921. The van der Waals surface area contributed by atoms with Gasteiger partial charge in [-0.3, -0.25) is 4.79 Å². The van der Waals surface area contributed by atoms with Gasteiger partial charge in [-0.25, -0.2) is 0 Å². The van der Waals surface area contributed by atoms with Crippen molar-refractivity contribution >= 4 is 5.91 Å².